The van der Waals surface area contributed by atoms with E-state index in [-0.39, 0.29) is 0 Å². The molecule has 0 saturated carbocycles. The van der Waals surface area contributed by atoms with Crippen LogP contribution < -0.4 is 10.1 Å². The van der Waals surface area contributed by atoms with Crippen LogP contribution in [0.15, 0.2) is 24.3 Å². The Balaban J connectivity index is 1.91. The van der Waals surface area contributed by atoms with Gasteiger partial charge in [-0.05, 0) is 12.5 Å². The molecule has 1 atom stereocenters. The lowest BCUT2D eigenvalue weighted by molar-refractivity contribution is 0.189. The maximum Gasteiger partial charge on any atom is 0.123 e. The van der Waals surface area contributed by atoms with Gasteiger partial charge in [-0.1, -0.05) is 18.2 Å². The molecule has 1 aromatic carbocycles. The van der Waals surface area contributed by atoms with E-state index in [2.05, 4.69) is 11.4 Å². The summed E-state index contributed by atoms with van der Waals surface area (Å²) in [5.74, 6) is 0.948. The summed E-state index contributed by atoms with van der Waals surface area (Å²) in [6, 6.07) is 8.59. The first kappa shape index (κ1) is 10.5. The number of nitrogens with one attached hydrogen (secondary N) is 1. The van der Waals surface area contributed by atoms with Gasteiger partial charge in [-0.2, -0.15) is 0 Å². The average molecular weight is 207 g/mol. The smallest absolute Gasteiger partial charge is 0.123 e. The molecule has 3 nitrogen and oxygen atoms in total. The number of rotatable bonds is 4. The van der Waals surface area contributed by atoms with Gasteiger partial charge in [0, 0.05) is 24.8 Å². The normalized spacial score (nSPS) is 20.5. The van der Waals surface area contributed by atoms with Crippen LogP contribution >= 0.6 is 0 Å². The summed E-state index contributed by atoms with van der Waals surface area (Å²) in [6.45, 7) is 2.55. The van der Waals surface area contributed by atoms with E-state index < -0.39 is 0 Å². The second-order valence-corrected chi connectivity index (χ2v) is 3.75. The predicted molar refractivity (Wildman–Crippen MR) is 59.1 cm³/mol. The molecule has 1 N–H and O–H groups in total. The van der Waals surface area contributed by atoms with Crippen molar-refractivity contribution < 1.29 is 9.47 Å². The lowest BCUT2D eigenvalue weighted by atomic mass is 10.2. The Morgan fingerprint density at radius 2 is 2.33 bits per heavy atom. The fourth-order valence-corrected chi connectivity index (χ4v) is 1.80. The van der Waals surface area contributed by atoms with Crippen LogP contribution in [0.25, 0.3) is 0 Å². The molecule has 3 heteroatoms. The highest BCUT2D eigenvalue weighted by atomic mass is 16.5. The summed E-state index contributed by atoms with van der Waals surface area (Å²) in [7, 11) is 1.71. The molecule has 2 rings (SSSR count). The number of ether oxygens (including phenoxy) is 2. The summed E-state index contributed by atoms with van der Waals surface area (Å²) in [6.07, 6.45) is 1.11. The molecular formula is C12H17NO2. The first-order valence-corrected chi connectivity index (χ1v) is 5.33. The van der Waals surface area contributed by atoms with Crippen molar-refractivity contribution in [1.82, 2.24) is 5.32 Å². The zero-order valence-electron chi connectivity index (χ0n) is 9.03. The molecule has 1 heterocycles. The first-order valence-electron chi connectivity index (χ1n) is 5.33. The van der Waals surface area contributed by atoms with Crippen LogP contribution in [0.4, 0.5) is 0 Å². The maximum atomic E-state index is 5.31. The van der Waals surface area contributed by atoms with Gasteiger partial charge < -0.3 is 14.8 Å². The molecule has 1 aromatic rings. The zero-order valence-corrected chi connectivity index (χ0v) is 9.03. The Hall–Kier alpha value is -1.06. The lowest BCUT2D eigenvalue weighted by Gasteiger charge is -2.12. The summed E-state index contributed by atoms with van der Waals surface area (Å²) < 4.78 is 10.6. The average Bonchev–Trinajstić information content (AvgIpc) is 2.79. The van der Waals surface area contributed by atoms with Crippen LogP contribution in [0.1, 0.15) is 12.0 Å². The second kappa shape index (κ2) is 5.14. The molecule has 0 amide bonds. The van der Waals surface area contributed by atoms with Crippen molar-refractivity contribution in [1.29, 1.82) is 0 Å². The highest BCUT2D eigenvalue weighted by molar-refractivity contribution is 5.33. The monoisotopic (exact) mass is 207 g/mol. The largest absolute Gasteiger partial charge is 0.496 e. The van der Waals surface area contributed by atoms with Crippen molar-refractivity contribution >= 4 is 0 Å². The quantitative estimate of drug-likeness (QED) is 0.813. The van der Waals surface area contributed by atoms with Crippen molar-refractivity contribution in [3.8, 4) is 5.75 Å². The third-order valence-electron chi connectivity index (χ3n) is 2.70. The fraction of sp³-hybridized carbons (Fsp3) is 0.500. The highest BCUT2D eigenvalue weighted by Crippen LogP contribution is 2.17. The number of para-hydroxylation sites is 1. The molecule has 0 bridgehead atoms. The Labute approximate surface area is 90.4 Å². The molecule has 1 aliphatic heterocycles. The minimum Gasteiger partial charge on any atom is -0.496 e. The van der Waals surface area contributed by atoms with Gasteiger partial charge in [-0.15, -0.1) is 0 Å². The predicted octanol–water partition coefficient (Wildman–Crippen LogP) is 1.57. The highest BCUT2D eigenvalue weighted by Gasteiger charge is 2.14. The van der Waals surface area contributed by atoms with Crippen molar-refractivity contribution in [3.05, 3.63) is 29.8 Å². The van der Waals surface area contributed by atoms with E-state index in [1.165, 1.54) is 5.56 Å². The van der Waals surface area contributed by atoms with E-state index in [0.717, 1.165) is 31.9 Å². The van der Waals surface area contributed by atoms with Gasteiger partial charge in [-0.25, -0.2) is 0 Å². The molecule has 1 aliphatic rings. The van der Waals surface area contributed by atoms with E-state index in [4.69, 9.17) is 9.47 Å². The van der Waals surface area contributed by atoms with Gasteiger partial charge in [0.25, 0.3) is 0 Å². The number of methoxy groups -OCH3 is 1. The van der Waals surface area contributed by atoms with Crippen LogP contribution in [0.5, 0.6) is 5.75 Å². The second-order valence-electron chi connectivity index (χ2n) is 3.75. The first-order chi connectivity index (χ1) is 7.40. The Morgan fingerprint density at radius 3 is 3.07 bits per heavy atom. The molecule has 1 unspecified atom stereocenters. The number of hydrogen-bond acceptors (Lipinski definition) is 3. The van der Waals surface area contributed by atoms with Crippen LogP contribution in [-0.4, -0.2) is 26.4 Å². The van der Waals surface area contributed by atoms with Gasteiger partial charge in [0.05, 0.1) is 13.7 Å². The Morgan fingerprint density at radius 1 is 1.47 bits per heavy atom. The van der Waals surface area contributed by atoms with E-state index in [1.54, 1.807) is 7.11 Å². The van der Waals surface area contributed by atoms with Crippen LogP contribution in [0.3, 0.4) is 0 Å². The molecule has 1 fully saturated rings. The van der Waals surface area contributed by atoms with Gasteiger partial charge >= 0.3 is 0 Å². The molecular weight excluding hydrogens is 190 g/mol. The molecule has 82 valence electrons. The SMILES string of the molecule is COc1ccccc1CNC1CCOC1. The maximum absolute atomic E-state index is 5.31. The molecule has 1 saturated heterocycles. The van der Waals surface area contributed by atoms with Gasteiger partial charge in [0.15, 0.2) is 0 Å². The lowest BCUT2D eigenvalue weighted by Crippen LogP contribution is -2.28. The molecule has 0 radical (unpaired) electrons. The third kappa shape index (κ3) is 2.70. The van der Waals surface area contributed by atoms with E-state index in [9.17, 15) is 0 Å². The van der Waals surface area contributed by atoms with E-state index in [1.807, 2.05) is 18.2 Å². The van der Waals surface area contributed by atoms with Gasteiger partial charge in [0.1, 0.15) is 5.75 Å². The van der Waals surface area contributed by atoms with E-state index >= 15 is 0 Å². The minimum absolute atomic E-state index is 0.495. The topological polar surface area (TPSA) is 30.5 Å². The number of benzene rings is 1. The summed E-state index contributed by atoms with van der Waals surface area (Å²) in [5, 5.41) is 3.47. The van der Waals surface area contributed by atoms with Crippen LogP contribution in [0.2, 0.25) is 0 Å². The Kier molecular flexibility index (Phi) is 3.59. The Bertz CT molecular complexity index is 308. The summed E-state index contributed by atoms with van der Waals surface area (Å²) >= 11 is 0. The van der Waals surface area contributed by atoms with Crippen molar-refractivity contribution in [3.63, 3.8) is 0 Å². The molecule has 0 spiro atoms. The standard InChI is InChI=1S/C12H17NO2/c1-14-12-5-3-2-4-10(12)8-13-11-6-7-15-9-11/h2-5,11,13H,6-9H2,1H3. The van der Waals surface area contributed by atoms with Crippen LogP contribution in [-0.2, 0) is 11.3 Å². The molecule has 15 heavy (non-hydrogen) atoms. The van der Waals surface area contributed by atoms with Crippen molar-refractivity contribution in [2.75, 3.05) is 20.3 Å². The molecule has 0 aliphatic carbocycles. The van der Waals surface area contributed by atoms with Gasteiger partial charge in [0.2, 0.25) is 0 Å². The van der Waals surface area contributed by atoms with Crippen molar-refractivity contribution in [2.45, 2.75) is 19.0 Å². The van der Waals surface area contributed by atoms with Crippen molar-refractivity contribution in [2.24, 2.45) is 0 Å². The molecule has 0 aromatic heterocycles. The number of hydrogen-bond donors (Lipinski definition) is 1. The zero-order chi connectivity index (χ0) is 10.5. The minimum atomic E-state index is 0.495. The third-order valence-corrected chi connectivity index (χ3v) is 2.70. The van der Waals surface area contributed by atoms with Crippen LogP contribution in [0, 0.1) is 0 Å². The van der Waals surface area contributed by atoms with E-state index in [0.29, 0.717) is 6.04 Å². The summed E-state index contributed by atoms with van der Waals surface area (Å²) in [5.41, 5.74) is 1.20. The fourth-order valence-electron chi connectivity index (χ4n) is 1.80. The van der Waals surface area contributed by atoms with Gasteiger partial charge in [-0.3, -0.25) is 0 Å². The summed E-state index contributed by atoms with van der Waals surface area (Å²) in [4.78, 5) is 0.